The number of nitrogens with one attached hydrogen (secondary N) is 1. The molecule has 2 aliphatic rings. The highest BCUT2D eigenvalue weighted by Gasteiger charge is 2.41. The first kappa shape index (κ1) is 21.2. The van der Waals surface area contributed by atoms with Gasteiger partial charge in [0.25, 0.3) is 5.19 Å². The number of fused-ring (bicyclic) bond motifs is 3. The molecule has 0 spiro atoms. The lowest BCUT2D eigenvalue weighted by atomic mass is 9.97. The average molecular weight is 478 g/mol. The SMILES string of the molecule is CS(=O)(=O)NC1C[C@H]2CC[C@@H](C1)N2Cc1ccc(Oc2nc3cccc(Cl)c3s2)cc1. The predicted octanol–water partition coefficient (Wildman–Crippen LogP) is 4.79. The smallest absolute Gasteiger partial charge is 0.279 e. The molecule has 1 N–H and O–H groups in total. The van der Waals surface area contributed by atoms with Gasteiger partial charge in [-0.25, -0.2) is 18.1 Å². The fourth-order valence-electron chi connectivity index (χ4n) is 4.84. The highest BCUT2D eigenvalue weighted by Crippen LogP contribution is 2.38. The molecule has 1 unspecified atom stereocenters. The molecule has 0 radical (unpaired) electrons. The van der Waals surface area contributed by atoms with Crippen LogP contribution >= 0.6 is 22.9 Å². The van der Waals surface area contributed by atoms with E-state index in [0.29, 0.717) is 22.3 Å². The molecule has 3 atom stereocenters. The van der Waals surface area contributed by atoms with E-state index < -0.39 is 10.0 Å². The van der Waals surface area contributed by atoms with Crippen molar-refractivity contribution in [2.24, 2.45) is 0 Å². The third kappa shape index (κ3) is 4.73. The Kier molecular flexibility index (Phi) is 5.68. The zero-order valence-corrected chi connectivity index (χ0v) is 19.5. The Morgan fingerprint density at radius 2 is 1.87 bits per heavy atom. The molecule has 5 rings (SSSR count). The van der Waals surface area contributed by atoms with Crippen LogP contribution in [0.3, 0.4) is 0 Å². The van der Waals surface area contributed by atoms with Gasteiger partial charge >= 0.3 is 0 Å². The van der Waals surface area contributed by atoms with Crippen molar-refractivity contribution in [1.29, 1.82) is 0 Å². The first-order chi connectivity index (χ1) is 14.8. The standard InChI is InChI=1S/C22H24ClN3O3S2/c1-31(27,28)25-15-11-16-7-8-17(12-15)26(16)13-14-5-9-18(10-6-14)29-22-24-20-4-2-3-19(23)21(20)30-22/h2-6,9-10,15-17,25H,7-8,11-13H2,1H3/t15?,16-,17+. The van der Waals surface area contributed by atoms with Crippen LogP contribution in [0, 0.1) is 0 Å². The van der Waals surface area contributed by atoms with Gasteiger partial charge in [-0.15, -0.1) is 0 Å². The summed E-state index contributed by atoms with van der Waals surface area (Å²) >= 11 is 7.67. The Morgan fingerprint density at radius 1 is 1.16 bits per heavy atom. The van der Waals surface area contributed by atoms with Crippen LogP contribution in [0.5, 0.6) is 10.9 Å². The molecule has 2 bridgehead atoms. The number of thiazole rings is 1. The third-order valence-corrected chi connectivity index (χ3v) is 8.28. The fraction of sp³-hybridized carbons (Fsp3) is 0.409. The number of sulfonamides is 1. The summed E-state index contributed by atoms with van der Waals surface area (Å²) in [6.07, 6.45) is 5.27. The van der Waals surface area contributed by atoms with Gasteiger partial charge in [-0.05, 0) is 55.5 Å². The lowest BCUT2D eigenvalue weighted by Crippen LogP contribution is -2.49. The maximum atomic E-state index is 11.6. The molecule has 3 aromatic rings. The normalized spacial score (nSPS) is 24.0. The highest BCUT2D eigenvalue weighted by molar-refractivity contribution is 7.88. The van der Waals surface area contributed by atoms with Gasteiger partial charge in [-0.3, -0.25) is 4.90 Å². The van der Waals surface area contributed by atoms with E-state index in [9.17, 15) is 8.42 Å². The van der Waals surface area contributed by atoms with Crippen molar-refractivity contribution in [3.8, 4) is 10.9 Å². The number of halogens is 1. The Bertz CT molecular complexity index is 1180. The van der Waals surface area contributed by atoms with Crippen LogP contribution in [0.1, 0.15) is 31.2 Å². The summed E-state index contributed by atoms with van der Waals surface area (Å²) in [6, 6.07) is 14.7. The Labute approximate surface area is 191 Å². The van der Waals surface area contributed by atoms with E-state index in [2.05, 4.69) is 26.7 Å². The Morgan fingerprint density at radius 3 is 2.52 bits per heavy atom. The molecule has 0 aliphatic carbocycles. The molecule has 164 valence electrons. The predicted molar refractivity (Wildman–Crippen MR) is 125 cm³/mol. The first-order valence-electron chi connectivity index (χ1n) is 10.4. The van der Waals surface area contributed by atoms with Crippen molar-refractivity contribution in [2.45, 2.75) is 50.4 Å². The zero-order valence-electron chi connectivity index (χ0n) is 17.1. The third-order valence-electron chi connectivity index (χ3n) is 6.11. The van der Waals surface area contributed by atoms with E-state index in [1.54, 1.807) is 0 Å². The zero-order chi connectivity index (χ0) is 21.6. The average Bonchev–Trinajstić information content (AvgIpc) is 3.21. The molecule has 2 aromatic carbocycles. The summed E-state index contributed by atoms with van der Waals surface area (Å²) in [4.78, 5) is 7.03. The molecule has 6 nitrogen and oxygen atoms in total. The maximum absolute atomic E-state index is 11.6. The highest BCUT2D eigenvalue weighted by atomic mass is 35.5. The summed E-state index contributed by atoms with van der Waals surface area (Å²) in [5.74, 6) is 0.748. The van der Waals surface area contributed by atoms with Gasteiger partial charge in [0.1, 0.15) is 5.75 Å². The second-order valence-electron chi connectivity index (χ2n) is 8.43. The molecule has 2 saturated heterocycles. The Balaban J connectivity index is 1.23. The van der Waals surface area contributed by atoms with Crippen LogP contribution in [-0.4, -0.2) is 42.7 Å². The molecular formula is C22H24ClN3O3S2. The van der Waals surface area contributed by atoms with Crippen molar-refractivity contribution in [2.75, 3.05) is 6.26 Å². The molecule has 31 heavy (non-hydrogen) atoms. The lowest BCUT2D eigenvalue weighted by molar-refractivity contribution is 0.116. The molecule has 0 amide bonds. The van der Waals surface area contributed by atoms with Gasteiger partial charge in [0, 0.05) is 24.7 Å². The topological polar surface area (TPSA) is 71.5 Å². The number of ether oxygens (including phenoxy) is 1. The molecular weight excluding hydrogens is 454 g/mol. The van der Waals surface area contributed by atoms with Gasteiger partial charge in [-0.2, -0.15) is 0 Å². The summed E-state index contributed by atoms with van der Waals surface area (Å²) in [6.45, 7) is 0.873. The summed E-state index contributed by atoms with van der Waals surface area (Å²) in [5.41, 5.74) is 2.07. The summed E-state index contributed by atoms with van der Waals surface area (Å²) in [5, 5.41) is 1.26. The summed E-state index contributed by atoms with van der Waals surface area (Å²) < 4.78 is 32.9. The van der Waals surface area contributed by atoms with Crippen molar-refractivity contribution >= 4 is 43.2 Å². The van der Waals surface area contributed by atoms with Gasteiger partial charge in [0.05, 0.1) is 21.5 Å². The lowest BCUT2D eigenvalue weighted by Gasteiger charge is -2.39. The monoisotopic (exact) mass is 477 g/mol. The van der Waals surface area contributed by atoms with Crippen LogP contribution in [0.25, 0.3) is 10.2 Å². The van der Waals surface area contributed by atoms with E-state index in [4.69, 9.17) is 16.3 Å². The van der Waals surface area contributed by atoms with E-state index in [1.807, 2.05) is 30.3 Å². The van der Waals surface area contributed by atoms with Crippen LogP contribution < -0.4 is 9.46 Å². The summed E-state index contributed by atoms with van der Waals surface area (Å²) in [7, 11) is -3.16. The quantitative estimate of drug-likeness (QED) is 0.552. The largest absolute Gasteiger partial charge is 0.431 e. The minimum atomic E-state index is -3.16. The number of aromatic nitrogens is 1. The number of rotatable bonds is 6. The maximum Gasteiger partial charge on any atom is 0.279 e. The first-order valence-corrected chi connectivity index (χ1v) is 13.5. The molecule has 2 fully saturated rings. The van der Waals surface area contributed by atoms with Gasteiger partial charge < -0.3 is 4.74 Å². The molecule has 0 saturated carbocycles. The fourth-order valence-corrected chi connectivity index (χ4v) is 6.77. The van der Waals surface area contributed by atoms with Crippen molar-refractivity contribution < 1.29 is 13.2 Å². The molecule has 9 heteroatoms. The van der Waals surface area contributed by atoms with Crippen LogP contribution in [0.15, 0.2) is 42.5 Å². The second kappa shape index (κ2) is 8.33. The van der Waals surface area contributed by atoms with Crippen molar-refractivity contribution in [1.82, 2.24) is 14.6 Å². The van der Waals surface area contributed by atoms with Crippen LogP contribution in [-0.2, 0) is 16.6 Å². The van der Waals surface area contributed by atoms with E-state index >= 15 is 0 Å². The number of hydrogen-bond acceptors (Lipinski definition) is 6. The molecule has 3 heterocycles. The second-order valence-corrected chi connectivity index (χ2v) is 11.6. The van der Waals surface area contributed by atoms with Gasteiger partial charge in [0.15, 0.2) is 0 Å². The van der Waals surface area contributed by atoms with Gasteiger partial charge in [0.2, 0.25) is 10.0 Å². The minimum Gasteiger partial charge on any atom is -0.431 e. The van der Waals surface area contributed by atoms with Gasteiger partial charge in [-0.1, -0.05) is 41.1 Å². The van der Waals surface area contributed by atoms with Crippen LogP contribution in [0.4, 0.5) is 0 Å². The number of benzene rings is 2. The number of nitrogens with zero attached hydrogens (tertiary/aromatic N) is 2. The number of hydrogen-bond donors (Lipinski definition) is 1. The van der Waals surface area contributed by atoms with E-state index in [1.165, 1.54) is 23.2 Å². The molecule has 1 aromatic heterocycles. The Hall–Kier alpha value is -1.71. The van der Waals surface area contributed by atoms with E-state index in [-0.39, 0.29) is 6.04 Å². The van der Waals surface area contributed by atoms with E-state index in [0.717, 1.165) is 48.2 Å². The van der Waals surface area contributed by atoms with Crippen molar-refractivity contribution in [3.63, 3.8) is 0 Å². The van der Waals surface area contributed by atoms with Crippen molar-refractivity contribution in [3.05, 3.63) is 53.1 Å². The van der Waals surface area contributed by atoms with Crippen LogP contribution in [0.2, 0.25) is 5.02 Å². The minimum absolute atomic E-state index is 0.0573. The number of piperidine rings is 1. The molecule has 2 aliphatic heterocycles.